The van der Waals surface area contributed by atoms with E-state index in [4.69, 9.17) is 9.16 Å². The van der Waals surface area contributed by atoms with Crippen molar-refractivity contribution in [3.8, 4) is 11.3 Å². The summed E-state index contributed by atoms with van der Waals surface area (Å²) in [6.45, 7) is 13.4. The van der Waals surface area contributed by atoms with Gasteiger partial charge in [0.05, 0.1) is 18.4 Å². The number of rotatable bonds is 5. The van der Waals surface area contributed by atoms with Gasteiger partial charge in [-0.3, -0.25) is 4.98 Å². The van der Waals surface area contributed by atoms with Crippen molar-refractivity contribution in [2.75, 3.05) is 25.1 Å². The van der Waals surface area contributed by atoms with Crippen LogP contribution in [0.1, 0.15) is 44.0 Å². The van der Waals surface area contributed by atoms with Gasteiger partial charge in [-0.05, 0) is 55.2 Å². The molecule has 0 bridgehead atoms. The number of carbonyl (C=O) groups is 1. The molecule has 2 aromatic heterocycles. The molecule has 3 heterocycles. The number of hydrogen-bond donors (Lipinski definition) is 0. The number of hydrogen-bond acceptors (Lipinski definition) is 6. The minimum atomic E-state index is -1.72. The van der Waals surface area contributed by atoms with Crippen molar-refractivity contribution in [2.24, 2.45) is 0 Å². The third-order valence-electron chi connectivity index (χ3n) is 6.26. The van der Waals surface area contributed by atoms with Crippen molar-refractivity contribution in [1.29, 1.82) is 0 Å². The molecule has 1 aliphatic heterocycles. The molecule has 3 rings (SSSR count). The highest BCUT2D eigenvalue weighted by molar-refractivity contribution is 6.74. The molecule has 1 aliphatic rings. The molecule has 0 N–H and O–H groups in total. The highest BCUT2D eigenvalue weighted by Crippen LogP contribution is 2.38. The molecular weight excluding hydrogens is 394 g/mol. The summed E-state index contributed by atoms with van der Waals surface area (Å²) >= 11 is 0. The summed E-state index contributed by atoms with van der Waals surface area (Å²) < 4.78 is 11.3. The lowest BCUT2D eigenvalue weighted by Crippen LogP contribution is -2.47. The van der Waals surface area contributed by atoms with Crippen LogP contribution in [0.2, 0.25) is 18.1 Å². The Labute approximate surface area is 180 Å². The molecule has 7 heteroatoms. The summed E-state index contributed by atoms with van der Waals surface area (Å²) in [6.07, 6.45) is 5.79. The second-order valence-corrected chi connectivity index (χ2v) is 14.1. The average molecular weight is 428 g/mol. The first-order valence-electron chi connectivity index (χ1n) is 10.5. The fraction of sp³-hybridized carbons (Fsp3) is 0.522. The largest absolute Gasteiger partial charge is 0.465 e. The lowest BCUT2D eigenvalue weighted by atomic mass is 10.1. The number of piperidine rings is 1. The minimum absolute atomic E-state index is 0.241. The maximum atomic E-state index is 11.5. The smallest absolute Gasteiger partial charge is 0.339 e. The Balaban J connectivity index is 1.59. The number of methoxy groups -OCH3 is 1. The highest BCUT2D eigenvalue weighted by atomic mass is 28.4. The Kier molecular flexibility index (Phi) is 6.62. The molecule has 0 aliphatic carbocycles. The van der Waals surface area contributed by atoms with E-state index in [-0.39, 0.29) is 11.0 Å². The van der Waals surface area contributed by atoms with Gasteiger partial charge in [-0.2, -0.15) is 0 Å². The Bertz CT molecular complexity index is 853. The second kappa shape index (κ2) is 8.86. The SMILES string of the molecule is COC(=O)c1ccc(-c2ccc(N3CCC(O[Si](C)(C)C(C)(C)C)CC3)nc2)nc1. The van der Waals surface area contributed by atoms with Crippen molar-refractivity contribution in [1.82, 2.24) is 9.97 Å². The predicted octanol–water partition coefficient (Wildman–Crippen LogP) is 4.92. The maximum absolute atomic E-state index is 11.5. The van der Waals surface area contributed by atoms with Crippen LogP contribution in [0.5, 0.6) is 0 Å². The van der Waals surface area contributed by atoms with Crippen LogP contribution in [0.4, 0.5) is 5.82 Å². The normalized spacial score (nSPS) is 15.9. The summed E-state index contributed by atoms with van der Waals surface area (Å²) in [4.78, 5) is 22.9. The number of aromatic nitrogens is 2. The van der Waals surface area contributed by atoms with Crippen LogP contribution in [-0.2, 0) is 9.16 Å². The van der Waals surface area contributed by atoms with Crippen molar-refractivity contribution in [2.45, 2.75) is 57.8 Å². The first-order chi connectivity index (χ1) is 14.1. The molecule has 1 fully saturated rings. The lowest BCUT2D eigenvalue weighted by Gasteiger charge is -2.42. The van der Waals surface area contributed by atoms with E-state index >= 15 is 0 Å². The monoisotopic (exact) mass is 427 g/mol. The van der Waals surface area contributed by atoms with E-state index in [9.17, 15) is 4.79 Å². The maximum Gasteiger partial charge on any atom is 0.339 e. The number of carbonyl (C=O) groups excluding carboxylic acids is 1. The van der Waals surface area contributed by atoms with Gasteiger partial charge in [-0.25, -0.2) is 9.78 Å². The highest BCUT2D eigenvalue weighted by Gasteiger charge is 2.39. The van der Waals surface area contributed by atoms with Crippen molar-refractivity contribution in [3.63, 3.8) is 0 Å². The predicted molar refractivity (Wildman–Crippen MR) is 122 cm³/mol. The van der Waals surface area contributed by atoms with Crippen LogP contribution in [0.15, 0.2) is 36.7 Å². The number of nitrogens with zero attached hydrogens (tertiary/aromatic N) is 3. The van der Waals surface area contributed by atoms with E-state index < -0.39 is 8.32 Å². The van der Waals surface area contributed by atoms with E-state index in [0.29, 0.717) is 11.7 Å². The molecule has 0 saturated carbocycles. The minimum Gasteiger partial charge on any atom is -0.465 e. The lowest BCUT2D eigenvalue weighted by molar-refractivity contribution is 0.0600. The van der Waals surface area contributed by atoms with Crippen LogP contribution in [-0.4, -0.2) is 50.6 Å². The summed E-state index contributed by atoms with van der Waals surface area (Å²) in [5.41, 5.74) is 2.14. The summed E-state index contributed by atoms with van der Waals surface area (Å²) in [7, 11) is -0.360. The molecule has 30 heavy (non-hydrogen) atoms. The third kappa shape index (κ3) is 5.07. The van der Waals surface area contributed by atoms with E-state index in [1.807, 2.05) is 24.4 Å². The van der Waals surface area contributed by atoms with E-state index in [1.54, 1.807) is 6.07 Å². The molecule has 0 spiro atoms. The average Bonchev–Trinajstić information content (AvgIpc) is 2.73. The molecular formula is C23H33N3O3Si. The van der Waals surface area contributed by atoms with Gasteiger partial charge in [0.2, 0.25) is 0 Å². The van der Waals surface area contributed by atoms with Crippen LogP contribution in [0.3, 0.4) is 0 Å². The summed E-state index contributed by atoms with van der Waals surface area (Å²) in [5, 5.41) is 0.241. The Morgan fingerprint density at radius 1 is 1.07 bits per heavy atom. The molecule has 6 nitrogen and oxygen atoms in total. The fourth-order valence-corrected chi connectivity index (χ4v) is 4.75. The summed E-state index contributed by atoms with van der Waals surface area (Å²) in [5.74, 6) is 0.596. The first kappa shape index (κ1) is 22.4. The zero-order chi connectivity index (χ0) is 21.9. The van der Waals surface area contributed by atoms with Crippen LogP contribution in [0.25, 0.3) is 11.3 Å². The fourth-order valence-electron chi connectivity index (χ4n) is 3.32. The van der Waals surface area contributed by atoms with E-state index in [2.05, 4.69) is 48.7 Å². The van der Waals surface area contributed by atoms with Crippen LogP contribution in [0, 0.1) is 0 Å². The number of ether oxygens (including phenoxy) is 1. The first-order valence-corrected chi connectivity index (χ1v) is 13.4. The molecule has 0 radical (unpaired) electrons. The molecule has 0 unspecified atom stereocenters. The summed E-state index contributed by atoms with van der Waals surface area (Å²) in [6, 6.07) is 7.60. The van der Waals surface area contributed by atoms with Gasteiger partial charge < -0.3 is 14.1 Å². The van der Waals surface area contributed by atoms with Crippen molar-refractivity contribution in [3.05, 3.63) is 42.2 Å². The van der Waals surface area contributed by atoms with Gasteiger partial charge in [-0.1, -0.05) is 20.8 Å². The van der Waals surface area contributed by atoms with Gasteiger partial charge in [0, 0.05) is 37.2 Å². The molecule has 0 aromatic carbocycles. The van der Waals surface area contributed by atoms with Crippen LogP contribution >= 0.6 is 0 Å². The van der Waals surface area contributed by atoms with Gasteiger partial charge in [-0.15, -0.1) is 0 Å². The number of pyridine rings is 2. The Hall–Kier alpha value is -2.25. The molecule has 1 saturated heterocycles. The van der Waals surface area contributed by atoms with Crippen LogP contribution < -0.4 is 4.90 Å². The molecule has 162 valence electrons. The van der Waals surface area contributed by atoms with Crippen molar-refractivity contribution >= 4 is 20.1 Å². The molecule has 2 aromatic rings. The van der Waals surface area contributed by atoms with E-state index in [1.165, 1.54) is 13.3 Å². The standard InChI is InChI=1S/C23H33N3O3Si/c1-23(2,3)30(5,6)29-19-11-13-26(14-12-19)21-10-8-17(15-25-21)20-9-7-18(16-24-20)22(27)28-4/h7-10,15-16,19H,11-14H2,1-6H3. The molecule has 0 atom stereocenters. The topological polar surface area (TPSA) is 64.5 Å². The second-order valence-electron chi connectivity index (χ2n) is 9.39. The Morgan fingerprint density at radius 3 is 2.27 bits per heavy atom. The Morgan fingerprint density at radius 2 is 1.77 bits per heavy atom. The number of esters is 1. The quantitative estimate of drug-likeness (QED) is 0.498. The molecule has 0 amide bonds. The van der Waals surface area contributed by atoms with Gasteiger partial charge in [0.15, 0.2) is 8.32 Å². The van der Waals surface area contributed by atoms with Gasteiger partial charge in [0.1, 0.15) is 5.82 Å². The van der Waals surface area contributed by atoms with Crippen molar-refractivity contribution < 1.29 is 14.0 Å². The third-order valence-corrected chi connectivity index (χ3v) is 10.8. The van der Waals surface area contributed by atoms with Gasteiger partial charge in [0.25, 0.3) is 0 Å². The van der Waals surface area contributed by atoms with E-state index in [0.717, 1.165) is 43.0 Å². The zero-order valence-electron chi connectivity index (χ0n) is 18.9. The number of anilines is 1. The van der Waals surface area contributed by atoms with Gasteiger partial charge >= 0.3 is 5.97 Å². The zero-order valence-corrected chi connectivity index (χ0v) is 19.9.